The van der Waals surface area contributed by atoms with Crippen molar-refractivity contribution in [1.82, 2.24) is 20.6 Å². The Morgan fingerprint density at radius 3 is 2.29 bits per heavy atom. The molecule has 0 aromatic rings. The number of unbranched alkanes of at least 4 members (excludes halogenated alkanes) is 2. The van der Waals surface area contributed by atoms with E-state index in [1.165, 1.54) is 0 Å². The van der Waals surface area contributed by atoms with Gasteiger partial charge in [-0.25, -0.2) is 5.06 Å². The summed E-state index contributed by atoms with van der Waals surface area (Å²) >= 11 is 0. The van der Waals surface area contributed by atoms with Gasteiger partial charge in [-0.3, -0.25) is 14.9 Å². The van der Waals surface area contributed by atoms with Gasteiger partial charge in [0.1, 0.15) is 0 Å². The molecule has 0 bridgehead atoms. The van der Waals surface area contributed by atoms with Crippen LogP contribution in [-0.4, -0.2) is 94.5 Å². The monoisotopic (exact) mass is 582 g/mol. The second kappa shape index (κ2) is 26.4. The van der Waals surface area contributed by atoms with Gasteiger partial charge in [-0.15, -0.1) is 6.58 Å². The van der Waals surface area contributed by atoms with Crippen LogP contribution >= 0.6 is 0 Å². The fourth-order valence-corrected chi connectivity index (χ4v) is 3.65. The van der Waals surface area contributed by atoms with Crippen LogP contribution in [-0.2, 0) is 4.79 Å². The van der Waals surface area contributed by atoms with E-state index in [-0.39, 0.29) is 37.9 Å². The highest BCUT2D eigenvalue weighted by Crippen LogP contribution is 2.13. The summed E-state index contributed by atoms with van der Waals surface area (Å²) in [7, 11) is 1.94. The summed E-state index contributed by atoms with van der Waals surface area (Å²) in [6, 6.07) is 0. The molecule has 0 saturated carbocycles. The molecule has 0 radical (unpaired) electrons. The van der Waals surface area contributed by atoms with Crippen LogP contribution in [0.2, 0.25) is 0 Å². The zero-order valence-electron chi connectivity index (χ0n) is 25.7. The van der Waals surface area contributed by atoms with Crippen molar-refractivity contribution in [1.29, 1.82) is 5.26 Å². The maximum Gasteiger partial charge on any atom is 0.246 e. The molecule has 0 aliphatic heterocycles. The predicted molar refractivity (Wildman–Crippen MR) is 164 cm³/mol. The Labute approximate surface area is 248 Å². The average Bonchev–Trinajstić information content (AvgIpc) is 2.97. The van der Waals surface area contributed by atoms with E-state index >= 15 is 0 Å². The van der Waals surface area contributed by atoms with E-state index in [2.05, 4.69) is 36.6 Å². The number of hydrogen-bond donors (Lipinski definition) is 7. The van der Waals surface area contributed by atoms with Crippen molar-refractivity contribution >= 4 is 5.91 Å². The molecule has 0 heterocycles. The van der Waals surface area contributed by atoms with E-state index in [0.717, 1.165) is 43.6 Å². The van der Waals surface area contributed by atoms with Gasteiger partial charge < -0.3 is 31.7 Å². The van der Waals surface area contributed by atoms with Crippen molar-refractivity contribution < 1.29 is 25.3 Å². The van der Waals surface area contributed by atoms with Crippen LogP contribution in [0.5, 0.6) is 0 Å². The number of rotatable bonds is 24. The number of nitrogens with zero attached hydrogens (tertiary/aromatic N) is 3. The number of aliphatic hydroxyl groups excluding tert-OH is 3. The standard InChI is InChI=1S/C19H36N4O2.C11H22N2O3/c1-5-9-18(24)19(25)14-22-16(2)10-11-17(3)23(15-20)13-8-6-7-12-21-4;1-3-4-5-11(15)13(16)7-6-9(2)10(14)8-12/h18-19,21-22,24-25H,2-3,5-14H2,1,4H3;3,9-10,14,16H,1,4-8,12H2,2H3. The lowest BCUT2D eigenvalue weighted by Gasteiger charge is -2.21. The number of aliphatic hydroxyl groups is 3. The first-order chi connectivity index (χ1) is 19.5. The van der Waals surface area contributed by atoms with Crippen LogP contribution in [0.25, 0.3) is 0 Å². The molecule has 0 aliphatic carbocycles. The third kappa shape index (κ3) is 21.9. The molecule has 0 aliphatic rings. The lowest BCUT2D eigenvalue weighted by atomic mass is 10.0. The first-order valence-electron chi connectivity index (χ1n) is 14.7. The number of allylic oxidation sites excluding steroid dienone is 3. The van der Waals surface area contributed by atoms with Crippen molar-refractivity contribution in [2.24, 2.45) is 11.7 Å². The molecule has 41 heavy (non-hydrogen) atoms. The molecule has 11 heteroatoms. The summed E-state index contributed by atoms with van der Waals surface area (Å²) in [5.41, 5.74) is 6.86. The third-order valence-corrected chi connectivity index (χ3v) is 6.66. The molecule has 4 unspecified atom stereocenters. The van der Waals surface area contributed by atoms with Crippen LogP contribution < -0.4 is 16.4 Å². The molecule has 0 aromatic heterocycles. The van der Waals surface area contributed by atoms with Gasteiger partial charge in [0.25, 0.3) is 0 Å². The van der Waals surface area contributed by atoms with Gasteiger partial charge in [0, 0.05) is 44.0 Å². The normalized spacial score (nSPS) is 13.4. The largest absolute Gasteiger partial charge is 0.392 e. The lowest BCUT2D eigenvalue weighted by molar-refractivity contribution is -0.166. The van der Waals surface area contributed by atoms with Gasteiger partial charge >= 0.3 is 0 Å². The molecule has 238 valence electrons. The van der Waals surface area contributed by atoms with E-state index in [1.54, 1.807) is 11.0 Å². The molecule has 0 aromatic carbocycles. The number of carbonyl (C=O) groups excluding carboxylic acids is 1. The number of carbonyl (C=O) groups is 1. The quantitative estimate of drug-likeness (QED) is 0.0223. The number of amides is 1. The van der Waals surface area contributed by atoms with E-state index in [4.69, 9.17) is 5.73 Å². The highest BCUT2D eigenvalue weighted by atomic mass is 16.5. The SMILES string of the molecule is C=C(CCC(=C)N(C#N)CCCCCNC)NCC(O)C(O)CCC.C=CCCC(=O)N(O)CCC(C)C(O)CN. The van der Waals surface area contributed by atoms with Gasteiger partial charge in [-0.1, -0.05) is 45.9 Å². The molecule has 1 amide bonds. The molecule has 0 spiro atoms. The smallest absolute Gasteiger partial charge is 0.246 e. The number of hydroxylamine groups is 2. The van der Waals surface area contributed by atoms with Gasteiger partial charge in [0.05, 0.1) is 18.3 Å². The maximum absolute atomic E-state index is 11.3. The molecular weight excluding hydrogens is 524 g/mol. The maximum atomic E-state index is 11.3. The number of nitrogens with one attached hydrogen (secondary N) is 2. The second-order valence-electron chi connectivity index (χ2n) is 10.3. The van der Waals surface area contributed by atoms with E-state index in [9.17, 15) is 30.6 Å². The van der Waals surface area contributed by atoms with E-state index in [1.807, 2.05) is 20.9 Å². The topological polar surface area (TPSA) is 178 Å². The molecule has 8 N–H and O–H groups in total. The van der Waals surface area contributed by atoms with E-state index in [0.29, 0.717) is 43.7 Å². The first-order valence-corrected chi connectivity index (χ1v) is 14.7. The molecule has 0 rings (SSSR count). The third-order valence-electron chi connectivity index (χ3n) is 6.66. The molecule has 0 fully saturated rings. The van der Waals surface area contributed by atoms with Crippen LogP contribution in [0.4, 0.5) is 0 Å². The zero-order valence-corrected chi connectivity index (χ0v) is 25.7. The Morgan fingerprint density at radius 1 is 1.05 bits per heavy atom. The van der Waals surface area contributed by atoms with E-state index < -0.39 is 18.3 Å². The Hall–Kier alpha value is -2.46. The van der Waals surface area contributed by atoms with Crippen molar-refractivity contribution in [2.75, 3.05) is 39.8 Å². The Bertz CT molecular complexity index is 760. The predicted octanol–water partition coefficient (Wildman–Crippen LogP) is 2.59. The summed E-state index contributed by atoms with van der Waals surface area (Å²) in [5.74, 6) is -0.360. The van der Waals surface area contributed by atoms with Crippen LogP contribution in [0, 0.1) is 17.4 Å². The molecule has 0 saturated heterocycles. The van der Waals surface area contributed by atoms with Gasteiger partial charge in [-0.2, -0.15) is 5.26 Å². The highest BCUT2D eigenvalue weighted by Gasteiger charge is 2.16. The Balaban J connectivity index is 0. The Morgan fingerprint density at radius 2 is 1.73 bits per heavy atom. The fourth-order valence-electron chi connectivity index (χ4n) is 3.65. The van der Waals surface area contributed by atoms with Crippen molar-refractivity contribution in [3.63, 3.8) is 0 Å². The van der Waals surface area contributed by atoms with Crippen LogP contribution in [0.3, 0.4) is 0 Å². The van der Waals surface area contributed by atoms with Crippen molar-refractivity contribution in [3.05, 3.63) is 37.2 Å². The Kier molecular flexibility index (Phi) is 26.2. The lowest BCUT2D eigenvalue weighted by Crippen LogP contribution is -2.35. The van der Waals surface area contributed by atoms with Gasteiger partial charge in [0.15, 0.2) is 6.19 Å². The summed E-state index contributed by atoms with van der Waals surface area (Å²) in [4.78, 5) is 12.9. The van der Waals surface area contributed by atoms with Crippen LogP contribution in [0.1, 0.15) is 78.1 Å². The molecular formula is C30H58N6O5. The van der Waals surface area contributed by atoms with Crippen LogP contribution in [0.15, 0.2) is 37.2 Å². The summed E-state index contributed by atoms with van der Waals surface area (Å²) < 4.78 is 0. The van der Waals surface area contributed by atoms with Crippen molar-refractivity contribution in [2.45, 2.75) is 96.4 Å². The minimum absolute atomic E-state index is 0.0353. The average molecular weight is 583 g/mol. The zero-order chi connectivity index (χ0) is 31.6. The second-order valence-corrected chi connectivity index (χ2v) is 10.3. The minimum atomic E-state index is -0.798. The van der Waals surface area contributed by atoms with Crippen molar-refractivity contribution in [3.8, 4) is 6.19 Å². The summed E-state index contributed by atoms with van der Waals surface area (Å²) in [6.45, 7) is 17.6. The summed E-state index contributed by atoms with van der Waals surface area (Å²) in [6.07, 6.45) is 8.92. The molecule has 11 nitrogen and oxygen atoms in total. The fraction of sp³-hybridized carbons (Fsp3) is 0.733. The summed E-state index contributed by atoms with van der Waals surface area (Å²) in [5, 5.41) is 54.4. The number of nitrogens with two attached hydrogens (primary N) is 1. The highest BCUT2D eigenvalue weighted by molar-refractivity contribution is 5.74. The number of nitriles is 1. The molecule has 4 atom stereocenters. The number of hydrogen-bond acceptors (Lipinski definition) is 10. The van der Waals surface area contributed by atoms with Gasteiger partial charge in [-0.05, 0) is 64.5 Å². The first kappa shape index (κ1) is 40.7. The van der Waals surface area contributed by atoms with Gasteiger partial charge in [0.2, 0.25) is 5.91 Å². The minimum Gasteiger partial charge on any atom is -0.392 e.